The lowest BCUT2D eigenvalue weighted by atomic mass is 10.1. The number of aryl methyl sites for hydroxylation is 1. The zero-order valence-corrected chi connectivity index (χ0v) is 17.1. The minimum atomic E-state index is -0.266. The van der Waals surface area contributed by atoms with E-state index in [1.54, 1.807) is 24.3 Å². The quantitative estimate of drug-likeness (QED) is 0.365. The average molecular weight is 431 g/mol. The Labute approximate surface area is 172 Å². The van der Waals surface area contributed by atoms with Crippen LogP contribution in [-0.2, 0) is 0 Å². The van der Waals surface area contributed by atoms with Crippen molar-refractivity contribution in [2.45, 2.75) is 11.3 Å². The van der Waals surface area contributed by atoms with Crippen LogP contribution in [0.5, 0.6) is 0 Å². The zero-order chi connectivity index (χ0) is 19.7. The van der Waals surface area contributed by atoms with Crippen LogP contribution in [0.2, 0.25) is 0 Å². The fraction of sp³-hybridized carbons (Fsp3) is 0.167. The van der Waals surface area contributed by atoms with E-state index in [0.717, 1.165) is 5.56 Å². The van der Waals surface area contributed by atoms with E-state index in [0.29, 0.717) is 31.2 Å². The summed E-state index contributed by atoms with van der Waals surface area (Å²) in [7, 11) is 0. The van der Waals surface area contributed by atoms with Gasteiger partial charge in [-0.15, -0.1) is 21.5 Å². The molecule has 4 rings (SSSR count). The number of hydrogen-bond donors (Lipinski definition) is 1. The molecule has 0 bridgehead atoms. The second kappa shape index (κ2) is 7.82. The minimum Gasteiger partial charge on any atom is -0.296 e. The first-order valence-corrected chi connectivity index (χ1v) is 11.0. The van der Waals surface area contributed by atoms with Gasteiger partial charge in [-0.2, -0.15) is 0 Å². The number of benzene rings is 1. The molecule has 10 heteroatoms. The Bertz CT molecular complexity index is 1040. The second-order valence-electron chi connectivity index (χ2n) is 5.97. The molecule has 2 aromatic heterocycles. The normalized spacial score (nSPS) is 13.1. The van der Waals surface area contributed by atoms with Crippen molar-refractivity contribution in [1.82, 2.24) is 15.1 Å². The van der Waals surface area contributed by atoms with Gasteiger partial charge in [0.05, 0.1) is 16.0 Å². The molecule has 142 valence electrons. The van der Waals surface area contributed by atoms with Crippen molar-refractivity contribution in [3.05, 3.63) is 57.3 Å². The molecule has 0 atom stereocenters. The number of thiophene rings is 1. The number of nitrogens with one attached hydrogen (secondary N) is 1. The SMILES string of the molecule is Cc1csc(C(=O)Nc2nnc(SCCN3C(=O)c4ccccc4C3=O)s2)c1. The van der Waals surface area contributed by atoms with Gasteiger partial charge in [-0.3, -0.25) is 24.6 Å². The summed E-state index contributed by atoms with van der Waals surface area (Å²) >= 11 is 4.02. The lowest BCUT2D eigenvalue weighted by Crippen LogP contribution is -2.31. The maximum Gasteiger partial charge on any atom is 0.267 e. The molecular formula is C18H14N4O3S3. The number of hydrogen-bond acceptors (Lipinski definition) is 8. The van der Waals surface area contributed by atoms with Gasteiger partial charge in [0.25, 0.3) is 17.7 Å². The van der Waals surface area contributed by atoms with Crippen molar-refractivity contribution in [3.63, 3.8) is 0 Å². The topological polar surface area (TPSA) is 92.3 Å². The van der Waals surface area contributed by atoms with E-state index in [-0.39, 0.29) is 24.3 Å². The molecular weight excluding hydrogens is 416 g/mol. The van der Waals surface area contributed by atoms with Crippen molar-refractivity contribution in [3.8, 4) is 0 Å². The Kier molecular flexibility index (Phi) is 5.25. The number of carbonyl (C=O) groups excluding carboxylic acids is 3. The summed E-state index contributed by atoms with van der Waals surface area (Å²) in [4.78, 5) is 38.7. The Morgan fingerprint density at radius 3 is 2.54 bits per heavy atom. The standard InChI is InChI=1S/C18H14N4O3S3/c1-10-8-13(27-9-10)14(23)19-17-20-21-18(28-17)26-7-6-22-15(24)11-4-2-3-5-12(11)16(22)25/h2-5,8-9H,6-7H2,1H3,(H,19,20,23). The summed E-state index contributed by atoms with van der Waals surface area (Å²) in [5.41, 5.74) is 1.93. The van der Waals surface area contributed by atoms with Gasteiger partial charge in [0.1, 0.15) is 0 Å². The lowest BCUT2D eigenvalue weighted by molar-refractivity contribution is 0.0664. The number of nitrogens with zero attached hydrogens (tertiary/aromatic N) is 3. The molecule has 0 aliphatic carbocycles. The van der Waals surface area contributed by atoms with Crippen LogP contribution in [-0.4, -0.2) is 45.1 Å². The minimum absolute atomic E-state index is 0.211. The van der Waals surface area contributed by atoms with Gasteiger partial charge in [-0.05, 0) is 36.1 Å². The molecule has 0 saturated heterocycles. The Hall–Kier alpha value is -2.56. The van der Waals surface area contributed by atoms with Gasteiger partial charge in [-0.25, -0.2) is 0 Å². The van der Waals surface area contributed by atoms with Gasteiger partial charge in [0.2, 0.25) is 5.13 Å². The number of anilines is 1. The maximum absolute atomic E-state index is 12.3. The molecule has 0 radical (unpaired) electrons. The lowest BCUT2D eigenvalue weighted by Gasteiger charge is -2.12. The van der Waals surface area contributed by atoms with Gasteiger partial charge in [0.15, 0.2) is 4.34 Å². The van der Waals surface area contributed by atoms with Crippen LogP contribution in [0.25, 0.3) is 0 Å². The van der Waals surface area contributed by atoms with E-state index in [2.05, 4.69) is 15.5 Å². The molecule has 28 heavy (non-hydrogen) atoms. The highest BCUT2D eigenvalue weighted by atomic mass is 32.2. The zero-order valence-electron chi connectivity index (χ0n) is 14.7. The van der Waals surface area contributed by atoms with Gasteiger partial charge in [-0.1, -0.05) is 35.2 Å². The summed E-state index contributed by atoms with van der Waals surface area (Å²) in [5.74, 6) is -0.245. The van der Waals surface area contributed by atoms with E-state index in [4.69, 9.17) is 0 Å². The summed E-state index contributed by atoms with van der Waals surface area (Å²) < 4.78 is 0.661. The highest BCUT2D eigenvalue weighted by molar-refractivity contribution is 8.01. The predicted octanol–water partition coefficient (Wildman–Crippen LogP) is 3.55. The Morgan fingerprint density at radius 1 is 1.18 bits per heavy atom. The number of aromatic nitrogens is 2. The fourth-order valence-corrected chi connectivity index (χ4v) is 5.23. The first kappa shape index (κ1) is 18.8. The maximum atomic E-state index is 12.3. The van der Waals surface area contributed by atoms with Crippen LogP contribution in [0.1, 0.15) is 36.0 Å². The predicted molar refractivity (Wildman–Crippen MR) is 109 cm³/mol. The number of fused-ring (bicyclic) bond motifs is 1. The van der Waals surface area contributed by atoms with E-state index < -0.39 is 0 Å². The number of thioether (sulfide) groups is 1. The molecule has 0 saturated carbocycles. The third-order valence-electron chi connectivity index (χ3n) is 4.00. The number of carbonyl (C=O) groups is 3. The smallest absolute Gasteiger partial charge is 0.267 e. The van der Waals surface area contributed by atoms with Crippen LogP contribution in [0.15, 0.2) is 40.1 Å². The first-order chi connectivity index (χ1) is 13.5. The van der Waals surface area contributed by atoms with Crippen molar-refractivity contribution in [2.24, 2.45) is 0 Å². The largest absolute Gasteiger partial charge is 0.296 e. The summed E-state index contributed by atoms with van der Waals surface area (Å²) in [6.07, 6.45) is 0. The second-order valence-corrected chi connectivity index (χ2v) is 9.20. The van der Waals surface area contributed by atoms with Crippen LogP contribution < -0.4 is 5.32 Å². The molecule has 7 nitrogen and oxygen atoms in total. The molecule has 3 aromatic rings. The van der Waals surface area contributed by atoms with E-state index in [1.165, 1.54) is 39.3 Å². The van der Waals surface area contributed by atoms with E-state index in [1.807, 2.05) is 18.4 Å². The van der Waals surface area contributed by atoms with Crippen LogP contribution in [0, 0.1) is 6.92 Å². The highest BCUT2D eigenvalue weighted by Gasteiger charge is 2.34. The van der Waals surface area contributed by atoms with Crippen LogP contribution in [0.4, 0.5) is 5.13 Å². The molecule has 1 N–H and O–H groups in total. The third kappa shape index (κ3) is 3.71. The average Bonchev–Trinajstić information content (AvgIpc) is 3.38. The number of imide groups is 1. The molecule has 0 fully saturated rings. The molecule has 1 aromatic carbocycles. The molecule has 0 spiro atoms. The molecule has 1 aliphatic heterocycles. The van der Waals surface area contributed by atoms with Crippen molar-refractivity contribution in [2.75, 3.05) is 17.6 Å². The van der Waals surface area contributed by atoms with Gasteiger partial charge in [0, 0.05) is 12.3 Å². The molecule has 1 aliphatic rings. The van der Waals surface area contributed by atoms with Crippen molar-refractivity contribution < 1.29 is 14.4 Å². The third-order valence-corrected chi connectivity index (χ3v) is 7.00. The summed E-state index contributed by atoms with van der Waals surface area (Å²) in [6.45, 7) is 2.22. The monoisotopic (exact) mass is 430 g/mol. The Morgan fingerprint density at radius 2 is 1.89 bits per heavy atom. The fourth-order valence-electron chi connectivity index (χ4n) is 2.69. The first-order valence-electron chi connectivity index (χ1n) is 8.31. The number of amides is 3. The van der Waals surface area contributed by atoms with Crippen molar-refractivity contribution >= 4 is 57.3 Å². The van der Waals surface area contributed by atoms with E-state index in [9.17, 15) is 14.4 Å². The van der Waals surface area contributed by atoms with Crippen LogP contribution >= 0.6 is 34.4 Å². The van der Waals surface area contributed by atoms with Crippen LogP contribution in [0.3, 0.4) is 0 Å². The molecule has 0 unspecified atom stereocenters. The van der Waals surface area contributed by atoms with Crippen molar-refractivity contribution in [1.29, 1.82) is 0 Å². The van der Waals surface area contributed by atoms with Gasteiger partial charge < -0.3 is 0 Å². The van der Waals surface area contributed by atoms with E-state index >= 15 is 0 Å². The number of rotatable bonds is 6. The van der Waals surface area contributed by atoms with Gasteiger partial charge >= 0.3 is 0 Å². The summed E-state index contributed by atoms with van der Waals surface area (Å²) in [6, 6.07) is 8.64. The molecule has 3 heterocycles. The highest BCUT2D eigenvalue weighted by Crippen LogP contribution is 2.28. The molecule has 3 amide bonds. The Balaban J connectivity index is 1.31. The summed E-state index contributed by atoms with van der Waals surface area (Å²) in [5, 5.41) is 13.1.